The van der Waals surface area contributed by atoms with Crippen LogP contribution >= 0.6 is 0 Å². The van der Waals surface area contributed by atoms with Gasteiger partial charge in [-0.2, -0.15) is 0 Å². The molecule has 3 N–H and O–H groups in total. The molecule has 0 saturated carbocycles. The third kappa shape index (κ3) is 5.20. The maximum Gasteiger partial charge on any atom is 0.319 e. The lowest BCUT2D eigenvalue weighted by molar-refractivity contribution is -0.114. The Labute approximate surface area is 145 Å². The number of hydrogen-bond donors (Lipinski definition) is 3. The van der Waals surface area contributed by atoms with Gasteiger partial charge in [-0.15, -0.1) is 0 Å². The Kier molecular flexibility index (Phi) is 5.94. The van der Waals surface area contributed by atoms with E-state index in [1.54, 1.807) is 37.3 Å². The van der Waals surface area contributed by atoms with Crippen LogP contribution in [0.25, 0.3) is 0 Å². The Morgan fingerprint density at radius 3 is 2.36 bits per heavy atom. The minimum Gasteiger partial charge on any atom is -0.495 e. The summed E-state index contributed by atoms with van der Waals surface area (Å²) in [7, 11) is 1.48. The molecular formula is C18H20FN3O3. The average Bonchev–Trinajstić information content (AvgIpc) is 2.55. The van der Waals surface area contributed by atoms with Crippen molar-refractivity contribution in [2.24, 2.45) is 0 Å². The summed E-state index contributed by atoms with van der Waals surface area (Å²) in [6.07, 6.45) is 0. The number of rotatable bonds is 5. The van der Waals surface area contributed by atoms with Gasteiger partial charge >= 0.3 is 6.03 Å². The lowest BCUT2D eigenvalue weighted by Gasteiger charge is -2.17. The van der Waals surface area contributed by atoms with Crippen molar-refractivity contribution in [3.63, 3.8) is 0 Å². The van der Waals surface area contributed by atoms with Crippen LogP contribution in [0.15, 0.2) is 42.5 Å². The smallest absolute Gasteiger partial charge is 0.319 e. The molecule has 132 valence electrons. The minimum atomic E-state index is -0.449. The van der Waals surface area contributed by atoms with E-state index in [4.69, 9.17) is 4.74 Å². The number of anilines is 2. The van der Waals surface area contributed by atoms with Gasteiger partial charge in [0, 0.05) is 12.6 Å². The molecule has 0 heterocycles. The quantitative estimate of drug-likeness (QED) is 0.773. The maximum absolute atomic E-state index is 13.0. The number of halogens is 1. The van der Waals surface area contributed by atoms with Crippen LogP contribution in [0, 0.1) is 5.82 Å². The minimum absolute atomic E-state index is 0.217. The summed E-state index contributed by atoms with van der Waals surface area (Å²) in [5.41, 5.74) is 1.73. The standard InChI is InChI=1S/C18H20FN3O3/c1-11(13-4-6-14(19)7-5-13)20-18(24)22-16-10-15(21-12(2)23)8-9-17(16)25-3/h4-11H,1-3H3,(H,21,23)(H2,20,22,24)/t11-/m1/s1. The predicted molar refractivity (Wildman–Crippen MR) is 94.3 cm³/mol. The van der Waals surface area contributed by atoms with Crippen LogP contribution in [0.2, 0.25) is 0 Å². The van der Waals surface area contributed by atoms with Crippen LogP contribution in [0.1, 0.15) is 25.5 Å². The van der Waals surface area contributed by atoms with E-state index in [0.29, 0.717) is 17.1 Å². The molecule has 7 heteroatoms. The van der Waals surface area contributed by atoms with E-state index >= 15 is 0 Å². The van der Waals surface area contributed by atoms with Gasteiger partial charge < -0.3 is 20.7 Å². The molecule has 0 bridgehead atoms. The monoisotopic (exact) mass is 345 g/mol. The van der Waals surface area contributed by atoms with Gasteiger partial charge in [0.15, 0.2) is 0 Å². The van der Waals surface area contributed by atoms with Crippen LogP contribution in [-0.2, 0) is 4.79 Å². The number of methoxy groups -OCH3 is 1. The predicted octanol–water partition coefficient (Wildman–Crippen LogP) is 3.68. The Bertz CT molecular complexity index is 763. The molecule has 0 radical (unpaired) electrons. The zero-order valence-electron chi connectivity index (χ0n) is 14.2. The van der Waals surface area contributed by atoms with E-state index in [9.17, 15) is 14.0 Å². The van der Waals surface area contributed by atoms with Crippen LogP contribution in [0.3, 0.4) is 0 Å². The highest BCUT2D eigenvalue weighted by molar-refractivity contribution is 5.94. The highest BCUT2D eigenvalue weighted by Crippen LogP contribution is 2.28. The molecule has 2 rings (SSSR count). The number of amides is 3. The molecule has 0 aromatic heterocycles. The summed E-state index contributed by atoms with van der Waals surface area (Å²) in [5, 5.41) is 8.09. The maximum atomic E-state index is 13.0. The molecule has 0 aliphatic carbocycles. The third-order valence-electron chi connectivity index (χ3n) is 3.49. The van der Waals surface area contributed by atoms with E-state index in [1.165, 1.54) is 26.2 Å². The van der Waals surface area contributed by atoms with Gasteiger partial charge in [0.2, 0.25) is 5.91 Å². The molecule has 0 unspecified atom stereocenters. The van der Waals surface area contributed by atoms with Gasteiger partial charge in [0.25, 0.3) is 0 Å². The molecule has 0 aliphatic heterocycles. The van der Waals surface area contributed by atoms with Gasteiger partial charge in [-0.25, -0.2) is 9.18 Å². The summed E-state index contributed by atoms with van der Waals surface area (Å²) in [6, 6.07) is 10.0. The molecule has 1 atom stereocenters. The van der Waals surface area contributed by atoms with Crippen molar-refractivity contribution < 1.29 is 18.7 Å². The number of nitrogens with one attached hydrogen (secondary N) is 3. The normalized spacial score (nSPS) is 11.4. The second kappa shape index (κ2) is 8.14. The van der Waals surface area contributed by atoms with Gasteiger partial charge in [-0.3, -0.25) is 4.79 Å². The fourth-order valence-corrected chi connectivity index (χ4v) is 2.28. The molecule has 2 aromatic carbocycles. The van der Waals surface area contributed by atoms with Gasteiger partial charge in [-0.05, 0) is 42.8 Å². The second-order valence-electron chi connectivity index (χ2n) is 5.47. The molecule has 0 fully saturated rings. The van der Waals surface area contributed by atoms with Crippen molar-refractivity contribution in [3.8, 4) is 5.75 Å². The Hall–Kier alpha value is -3.09. The van der Waals surface area contributed by atoms with E-state index in [-0.39, 0.29) is 17.8 Å². The van der Waals surface area contributed by atoms with Gasteiger partial charge in [-0.1, -0.05) is 12.1 Å². The fraction of sp³-hybridized carbons (Fsp3) is 0.222. The largest absolute Gasteiger partial charge is 0.495 e. The number of urea groups is 1. The summed E-state index contributed by atoms with van der Waals surface area (Å²) in [5.74, 6) is -0.0934. The molecule has 0 saturated heterocycles. The zero-order valence-corrected chi connectivity index (χ0v) is 14.2. The Morgan fingerprint density at radius 2 is 1.76 bits per heavy atom. The average molecular weight is 345 g/mol. The molecule has 2 aromatic rings. The van der Waals surface area contributed by atoms with Crippen LogP contribution < -0.4 is 20.7 Å². The Balaban J connectivity index is 2.08. The molecule has 25 heavy (non-hydrogen) atoms. The fourth-order valence-electron chi connectivity index (χ4n) is 2.28. The van der Waals surface area contributed by atoms with Crippen molar-refractivity contribution in [3.05, 3.63) is 53.8 Å². The molecule has 0 aliphatic rings. The lowest BCUT2D eigenvalue weighted by Crippen LogP contribution is -2.31. The van der Waals surface area contributed by atoms with Crippen molar-refractivity contribution in [1.82, 2.24) is 5.32 Å². The summed E-state index contributed by atoms with van der Waals surface area (Å²) < 4.78 is 18.2. The van der Waals surface area contributed by atoms with E-state index in [2.05, 4.69) is 16.0 Å². The molecule has 6 nitrogen and oxygen atoms in total. The zero-order chi connectivity index (χ0) is 18.4. The van der Waals surface area contributed by atoms with Gasteiger partial charge in [0.05, 0.1) is 18.8 Å². The van der Waals surface area contributed by atoms with Gasteiger partial charge in [0.1, 0.15) is 11.6 Å². The second-order valence-corrected chi connectivity index (χ2v) is 5.47. The van der Waals surface area contributed by atoms with Crippen LogP contribution in [-0.4, -0.2) is 19.0 Å². The first kappa shape index (κ1) is 18.3. The van der Waals surface area contributed by atoms with E-state index in [0.717, 1.165) is 5.56 Å². The van der Waals surface area contributed by atoms with Crippen molar-refractivity contribution in [2.75, 3.05) is 17.7 Å². The van der Waals surface area contributed by atoms with Crippen molar-refractivity contribution >= 4 is 23.3 Å². The number of ether oxygens (including phenoxy) is 1. The topological polar surface area (TPSA) is 79.5 Å². The number of hydrogen-bond acceptors (Lipinski definition) is 3. The summed E-state index contributed by atoms with van der Waals surface area (Å²) in [4.78, 5) is 23.4. The molecule has 0 spiro atoms. The van der Waals surface area contributed by atoms with Crippen LogP contribution in [0.5, 0.6) is 5.75 Å². The number of benzene rings is 2. The first-order valence-corrected chi connectivity index (χ1v) is 7.67. The third-order valence-corrected chi connectivity index (χ3v) is 3.49. The first-order chi connectivity index (χ1) is 11.9. The Morgan fingerprint density at radius 1 is 1.08 bits per heavy atom. The summed E-state index contributed by atoms with van der Waals surface area (Å²) in [6.45, 7) is 3.19. The number of carbonyl (C=O) groups is 2. The van der Waals surface area contributed by atoms with Crippen molar-refractivity contribution in [2.45, 2.75) is 19.9 Å². The summed E-state index contributed by atoms with van der Waals surface area (Å²) >= 11 is 0. The first-order valence-electron chi connectivity index (χ1n) is 7.67. The van der Waals surface area contributed by atoms with Crippen LogP contribution in [0.4, 0.5) is 20.6 Å². The number of carbonyl (C=O) groups excluding carboxylic acids is 2. The SMILES string of the molecule is COc1ccc(NC(C)=O)cc1NC(=O)N[C@H](C)c1ccc(F)cc1. The highest BCUT2D eigenvalue weighted by Gasteiger charge is 2.13. The highest BCUT2D eigenvalue weighted by atomic mass is 19.1. The lowest BCUT2D eigenvalue weighted by atomic mass is 10.1. The molecular weight excluding hydrogens is 325 g/mol. The molecule has 3 amide bonds. The van der Waals surface area contributed by atoms with Crippen molar-refractivity contribution in [1.29, 1.82) is 0 Å². The van der Waals surface area contributed by atoms with E-state index in [1.807, 2.05) is 0 Å². The van der Waals surface area contributed by atoms with E-state index < -0.39 is 6.03 Å².